The molecule has 3 rings (SSSR count). The smallest absolute Gasteiger partial charge is 0.335 e. The van der Waals surface area contributed by atoms with Crippen molar-refractivity contribution in [3.63, 3.8) is 0 Å². The zero-order chi connectivity index (χ0) is 20.2. The fraction of sp³-hybridized carbons (Fsp3) is 0.167. The van der Waals surface area contributed by atoms with Crippen molar-refractivity contribution in [2.75, 3.05) is 6.61 Å². The summed E-state index contributed by atoms with van der Waals surface area (Å²) in [7, 11) is 0. The lowest BCUT2D eigenvalue weighted by atomic mass is 10.0. The van der Waals surface area contributed by atoms with Gasteiger partial charge in [-0.25, -0.2) is 4.79 Å². The molecule has 0 saturated heterocycles. The second kappa shape index (κ2) is 11.2. The molecule has 3 aromatic rings. The number of carbonyl (C=O) groups is 1. The fourth-order valence-electron chi connectivity index (χ4n) is 2.40. The van der Waals surface area contributed by atoms with E-state index in [9.17, 15) is 4.79 Å². The number of aromatic carboxylic acids is 1. The summed E-state index contributed by atoms with van der Waals surface area (Å²) in [5.74, 6) is -0.187. The first-order valence-corrected chi connectivity index (χ1v) is 9.15. The highest BCUT2D eigenvalue weighted by Crippen LogP contribution is 2.18. The first-order valence-electron chi connectivity index (χ1n) is 9.15. The van der Waals surface area contributed by atoms with Gasteiger partial charge in [-0.2, -0.15) is 5.26 Å². The largest absolute Gasteiger partial charge is 0.494 e. The van der Waals surface area contributed by atoms with E-state index in [0.29, 0.717) is 12.2 Å². The first kappa shape index (κ1) is 20.7. The van der Waals surface area contributed by atoms with Crippen LogP contribution in [0.25, 0.3) is 11.1 Å². The van der Waals surface area contributed by atoms with E-state index in [1.165, 1.54) is 5.56 Å². The Labute approximate surface area is 165 Å². The van der Waals surface area contributed by atoms with Crippen LogP contribution in [0.3, 0.4) is 0 Å². The van der Waals surface area contributed by atoms with Gasteiger partial charge in [0, 0.05) is 0 Å². The van der Waals surface area contributed by atoms with Gasteiger partial charge in [-0.1, -0.05) is 55.8 Å². The highest BCUT2D eigenvalue weighted by Gasteiger charge is 2.01. The second-order valence-electron chi connectivity index (χ2n) is 6.09. The zero-order valence-corrected chi connectivity index (χ0v) is 15.8. The first-order chi connectivity index (χ1) is 13.6. The Kier molecular flexibility index (Phi) is 8.29. The zero-order valence-electron chi connectivity index (χ0n) is 15.8. The number of hydrogen-bond acceptors (Lipinski definition) is 3. The third-order valence-corrected chi connectivity index (χ3v) is 3.99. The Morgan fingerprint density at radius 3 is 2.07 bits per heavy atom. The van der Waals surface area contributed by atoms with Gasteiger partial charge < -0.3 is 9.84 Å². The lowest BCUT2D eigenvalue weighted by Gasteiger charge is -2.04. The number of carboxylic acid groups (broad SMARTS) is 1. The fourth-order valence-corrected chi connectivity index (χ4v) is 2.40. The highest BCUT2D eigenvalue weighted by atomic mass is 16.5. The Morgan fingerprint density at radius 1 is 0.929 bits per heavy atom. The molecular weight excluding hydrogens is 350 g/mol. The van der Waals surface area contributed by atoms with Gasteiger partial charge in [0.1, 0.15) is 5.75 Å². The van der Waals surface area contributed by atoms with E-state index in [1.807, 2.05) is 42.5 Å². The van der Waals surface area contributed by atoms with Crippen LogP contribution in [-0.2, 0) is 0 Å². The number of carboxylic acids is 1. The lowest BCUT2D eigenvalue weighted by molar-refractivity contribution is 0.0697. The molecule has 142 valence electrons. The third kappa shape index (κ3) is 6.62. The van der Waals surface area contributed by atoms with Gasteiger partial charge in [-0.3, -0.25) is 0 Å². The molecule has 0 bridgehead atoms. The number of ether oxygens (including phenoxy) is 1. The SMILES string of the molecule is CCCCOc1ccc(C(=O)O)cc1.N#Cc1ccc(-c2ccccc2)cc1. The molecule has 1 N–H and O–H groups in total. The molecule has 0 aliphatic heterocycles. The third-order valence-electron chi connectivity index (χ3n) is 3.99. The average molecular weight is 373 g/mol. The molecule has 4 heteroatoms. The van der Waals surface area contributed by atoms with Crippen LogP contribution in [0.2, 0.25) is 0 Å². The minimum atomic E-state index is -0.912. The molecule has 0 aliphatic carbocycles. The van der Waals surface area contributed by atoms with Crippen LogP contribution in [-0.4, -0.2) is 17.7 Å². The van der Waals surface area contributed by atoms with Crippen LogP contribution in [0.15, 0.2) is 78.9 Å². The Bertz CT molecular complexity index is 895. The molecular formula is C24H23NO3. The molecule has 0 saturated carbocycles. The molecule has 0 spiro atoms. The van der Waals surface area contributed by atoms with Crippen LogP contribution >= 0.6 is 0 Å². The van der Waals surface area contributed by atoms with Crippen molar-refractivity contribution in [3.05, 3.63) is 90.0 Å². The standard InChI is InChI=1S/C13H9N.C11H14O3/c14-10-11-6-8-13(9-7-11)12-4-2-1-3-5-12;1-2-3-8-14-10-6-4-9(5-7-10)11(12)13/h1-9H;4-7H,2-3,8H2,1H3,(H,12,13). The molecule has 0 fully saturated rings. The van der Waals surface area contributed by atoms with Crippen molar-refractivity contribution in [1.29, 1.82) is 5.26 Å². The quantitative estimate of drug-likeness (QED) is 0.555. The minimum absolute atomic E-state index is 0.285. The maximum Gasteiger partial charge on any atom is 0.335 e. The van der Waals surface area contributed by atoms with E-state index < -0.39 is 5.97 Å². The summed E-state index contributed by atoms with van der Waals surface area (Å²) < 4.78 is 5.39. The van der Waals surface area contributed by atoms with Crippen LogP contribution in [0.5, 0.6) is 5.75 Å². The summed E-state index contributed by atoms with van der Waals surface area (Å²) in [5, 5.41) is 17.3. The molecule has 0 unspecified atom stereocenters. The molecule has 0 atom stereocenters. The van der Waals surface area contributed by atoms with Gasteiger partial charge in [0.15, 0.2) is 0 Å². The van der Waals surface area contributed by atoms with Crippen LogP contribution in [0.4, 0.5) is 0 Å². The predicted molar refractivity (Wildman–Crippen MR) is 110 cm³/mol. The van der Waals surface area contributed by atoms with Gasteiger partial charge in [0.25, 0.3) is 0 Å². The van der Waals surface area contributed by atoms with Gasteiger partial charge in [-0.05, 0) is 53.9 Å². The normalized spacial score (nSPS) is 9.57. The Hall–Kier alpha value is -3.58. The molecule has 0 heterocycles. The van der Waals surface area contributed by atoms with Crippen LogP contribution < -0.4 is 4.74 Å². The molecule has 28 heavy (non-hydrogen) atoms. The van der Waals surface area contributed by atoms with E-state index in [-0.39, 0.29) is 5.56 Å². The Morgan fingerprint density at radius 2 is 1.54 bits per heavy atom. The van der Waals surface area contributed by atoms with E-state index in [4.69, 9.17) is 15.1 Å². The highest BCUT2D eigenvalue weighted by molar-refractivity contribution is 5.87. The summed E-state index contributed by atoms with van der Waals surface area (Å²) in [6, 6.07) is 26.3. The lowest BCUT2D eigenvalue weighted by Crippen LogP contribution is -1.98. The number of nitrogens with zero attached hydrogens (tertiary/aromatic N) is 1. The van der Waals surface area contributed by atoms with Crippen molar-refractivity contribution in [2.24, 2.45) is 0 Å². The summed E-state index contributed by atoms with van der Waals surface area (Å²) in [5.41, 5.74) is 3.30. The number of rotatable bonds is 6. The maximum atomic E-state index is 10.5. The average Bonchev–Trinajstić information content (AvgIpc) is 2.75. The van der Waals surface area contributed by atoms with Gasteiger partial charge in [-0.15, -0.1) is 0 Å². The Balaban J connectivity index is 0.000000200. The molecule has 3 aromatic carbocycles. The number of hydrogen-bond donors (Lipinski definition) is 1. The van der Waals surface area contributed by atoms with Gasteiger partial charge >= 0.3 is 5.97 Å². The van der Waals surface area contributed by atoms with Gasteiger partial charge in [0.05, 0.1) is 23.8 Å². The predicted octanol–water partition coefficient (Wildman–Crippen LogP) is 5.79. The van der Waals surface area contributed by atoms with Crippen molar-refractivity contribution >= 4 is 5.97 Å². The minimum Gasteiger partial charge on any atom is -0.494 e. The summed E-state index contributed by atoms with van der Waals surface area (Å²) >= 11 is 0. The second-order valence-corrected chi connectivity index (χ2v) is 6.09. The molecule has 0 radical (unpaired) electrons. The summed E-state index contributed by atoms with van der Waals surface area (Å²) in [6.45, 7) is 2.78. The number of unbranched alkanes of at least 4 members (excludes halogenated alkanes) is 1. The molecule has 4 nitrogen and oxygen atoms in total. The molecule has 0 aliphatic rings. The van der Waals surface area contributed by atoms with Crippen LogP contribution in [0, 0.1) is 11.3 Å². The van der Waals surface area contributed by atoms with E-state index in [0.717, 1.165) is 24.2 Å². The summed E-state index contributed by atoms with van der Waals surface area (Å²) in [4.78, 5) is 10.5. The van der Waals surface area contributed by atoms with E-state index in [1.54, 1.807) is 24.3 Å². The van der Waals surface area contributed by atoms with Crippen molar-refractivity contribution < 1.29 is 14.6 Å². The maximum absolute atomic E-state index is 10.5. The molecule has 0 amide bonds. The monoisotopic (exact) mass is 373 g/mol. The number of benzene rings is 3. The van der Waals surface area contributed by atoms with E-state index in [2.05, 4.69) is 25.1 Å². The van der Waals surface area contributed by atoms with Crippen molar-refractivity contribution in [1.82, 2.24) is 0 Å². The van der Waals surface area contributed by atoms with Crippen LogP contribution in [0.1, 0.15) is 35.7 Å². The topological polar surface area (TPSA) is 70.3 Å². The van der Waals surface area contributed by atoms with Crippen molar-refractivity contribution in [3.8, 4) is 22.9 Å². The summed E-state index contributed by atoms with van der Waals surface area (Å²) in [6.07, 6.45) is 2.11. The molecule has 0 aromatic heterocycles. The number of nitriles is 1. The van der Waals surface area contributed by atoms with Crippen molar-refractivity contribution in [2.45, 2.75) is 19.8 Å². The van der Waals surface area contributed by atoms with E-state index >= 15 is 0 Å². The van der Waals surface area contributed by atoms with Gasteiger partial charge in [0.2, 0.25) is 0 Å².